The summed E-state index contributed by atoms with van der Waals surface area (Å²) in [7, 11) is 0. The Morgan fingerprint density at radius 1 is 1.41 bits per heavy atom. The molecule has 4 nitrogen and oxygen atoms in total. The molecule has 124 valence electrons. The highest BCUT2D eigenvalue weighted by molar-refractivity contribution is 9.10. The van der Waals surface area contributed by atoms with Crippen molar-refractivity contribution < 1.29 is 13.9 Å². The molecule has 0 fully saturated rings. The van der Waals surface area contributed by atoms with Crippen LogP contribution in [0, 0.1) is 5.82 Å². The van der Waals surface area contributed by atoms with Gasteiger partial charge in [-0.25, -0.2) is 9.18 Å². The largest absolute Gasteiger partial charge is 0.444 e. The topological polar surface area (TPSA) is 41.6 Å². The monoisotopic (exact) mass is 374 g/mol. The van der Waals surface area contributed by atoms with Gasteiger partial charge in [0.15, 0.2) is 0 Å². The van der Waals surface area contributed by atoms with E-state index in [0.29, 0.717) is 26.2 Å². The average Bonchev–Trinajstić information content (AvgIpc) is 2.38. The summed E-state index contributed by atoms with van der Waals surface area (Å²) in [6, 6.07) is 4.61. The number of carbonyl (C=O) groups is 1. The van der Waals surface area contributed by atoms with Gasteiger partial charge in [0.2, 0.25) is 0 Å². The van der Waals surface area contributed by atoms with Gasteiger partial charge in [0, 0.05) is 30.7 Å². The van der Waals surface area contributed by atoms with Crippen LogP contribution in [0.4, 0.5) is 9.18 Å². The highest BCUT2D eigenvalue weighted by Crippen LogP contribution is 2.17. The van der Waals surface area contributed by atoms with E-state index < -0.39 is 5.60 Å². The first-order chi connectivity index (χ1) is 10.2. The maximum atomic E-state index is 13.0. The molecule has 6 heteroatoms. The van der Waals surface area contributed by atoms with E-state index in [2.05, 4.69) is 21.2 Å². The van der Waals surface area contributed by atoms with Crippen molar-refractivity contribution in [2.45, 2.75) is 39.8 Å². The van der Waals surface area contributed by atoms with Gasteiger partial charge in [0.05, 0.1) is 0 Å². The number of hydrogen-bond acceptors (Lipinski definition) is 3. The van der Waals surface area contributed by atoms with Crippen molar-refractivity contribution in [1.29, 1.82) is 0 Å². The predicted molar refractivity (Wildman–Crippen MR) is 89.3 cm³/mol. The number of carbonyl (C=O) groups excluding carboxylic acids is 1. The molecule has 22 heavy (non-hydrogen) atoms. The molecule has 1 aromatic carbocycles. The van der Waals surface area contributed by atoms with Crippen molar-refractivity contribution in [2.24, 2.45) is 0 Å². The summed E-state index contributed by atoms with van der Waals surface area (Å²) in [5.41, 5.74) is 0.485. The van der Waals surface area contributed by atoms with Crippen LogP contribution < -0.4 is 5.32 Å². The summed E-state index contributed by atoms with van der Waals surface area (Å²) in [5.74, 6) is -0.266. The van der Waals surface area contributed by atoms with Crippen molar-refractivity contribution in [3.05, 3.63) is 34.1 Å². The molecule has 0 bridgehead atoms. The lowest BCUT2D eigenvalue weighted by molar-refractivity contribution is 0.0262. The van der Waals surface area contributed by atoms with Gasteiger partial charge in [-0.3, -0.25) is 0 Å². The van der Waals surface area contributed by atoms with Gasteiger partial charge in [-0.05, 0) is 45.4 Å². The van der Waals surface area contributed by atoms with E-state index in [4.69, 9.17) is 4.74 Å². The Bertz CT molecular complexity index is 503. The van der Waals surface area contributed by atoms with Gasteiger partial charge in [-0.2, -0.15) is 0 Å². The molecule has 0 radical (unpaired) electrons. The van der Waals surface area contributed by atoms with Crippen LogP contribution in [0.1, 0.15) is 33.3 Å². The van der Waals surface area contributed by atoms with Crippen LogP contribution in [0.3, 0.4) is 0 Å². The number of benzene rings is 1. The van der Waals surface area contributed by atoms with Crippen LogP contribution in [-0.2, 0) is 11.3 Å². The molecule has 0 saturated heterocycles. The van der Waals surface area contributed by atoms with Crippen molar-refractivity contribution >= 4 is 22.0 Å². The minimum absolute atomic E-state index is 0.266. The SMILES string of the molecule is CCN(CCNCc1ccc(F)cc1Br)C(=O)OC(C)(C)C. The molecule has 1 N–H and O–H groups in total. The van der Waals surface area contributed by atoms with Crippen LogP contribution >= 0.6 is 15.9 Å². The Balaban J connectivity index is 2.40. The maximum absolute atomic E-state index is 13.0. The third-order valence-electron chi connectivity index (χ3n) is 2.92. The van der Waals surface area contributed by atoms with Gasteiger partial charge < -0.3 is 15.0 Å². The molecule has 0 unspecified atom stereocenters. The number of rotatable bonds is 6. The zero-order chi connectivity index (χ0) is 16.8. The van der Waals surface area contributed by atoms with Crippen molar-refractivity contribution in [3.63, 3.8) is 0 Å². The zero-order valence-corrected chi connectivity index (χ0v) is 15.2. The van der Waals surface area contributed by atoms with Gasteiger partial charge in [0.25, 0.3) is 0 Å². The van der Waals surface area contributed by atoms with E-state index in [1.807, 2.05) is 27.7 Å². The quantitative estimate of drug-likeness (QED) is 0.766. The third kappa shape index (κ3) is 6.75. The summed E-state index contributed by atoms with van der Waals surface area (Å²) < 4.78 is 19.1. The number of hydrogen-bond donors (Lipinski definition) is 1. The molecule has 0 aliphatic heterocycles. The molecular weight excluding hydrogens is 351 g/mol. The minimum atomic E-state index is -0.489. The lowest BCUT2D eigenvalue weighted by Gasteiger charge is -2.26. The fourth-order valence-electron chi connectivity index (χ4n) is 1.81. The van der Waals surface area contributed by atoms with Gasteiger partial charge in [-0.15, -0.1) is 0 Å². The molecule has 1 aromatic rings. The molecular formula is C16H24BrFN2O2. The van der Waals surface area contributed by atoms with Gasteiger partial charge in [-0.1, -0.05) is 22.0 Å². The molecule has 0 atom stereocenters. The predicted octanol–water partition coefficient (Wildman–Crippen LogP) is 3.93. The lowest BCUT2D eigenvalue weighted by Crippen LogP contribution is -2.40. The van der Waals surface area contributed by atoms with E-state index in [-0.39, 0.29) is 11.9 Å². The Morgan fingerprint density at radius 2 is 2.09 bits per heavy atom. The second kappa shape index (κ2) is 8.48. The lowest BCUT2D eigenvalue weighted by atomic mass is 10.2. The first-order valence-corrected chi connectivity index (χ1v) is 8.15. The molecule has 0 heterocycles. The van der Waals surface area contributed by atoms with Crippen LogP contribution in [0.15, 0.2) is 22.7 Å². The van der Waals surface area contributed by atoms with Crippen LogP contribution in [0.2, 0.25) is 0 Å². The fraction of sp³-hybridized carbons (Fsp3) is 0.562. The highest BCUT2D eigenvalue weighted by Gasteiger charge is 2.20. The number of nitrogens with zero attached hydrogens (tertiary/aromatic N) is 1. The molecule has 1 amide bonds. The summed E-state index contributed by atoms with van der Waals surface area (Å²) in [5, 5.41) is 3.24. The number of nitrogens with one attached hydrogen (secondary N) is 1. The number of ether oxygens (including phenoxy) is 1. The van der Waals surface area contributed by atoms with Gasteiger partial charge in [0.1, 0.15) is 11.4 Å². The maximum Gasteiger partial charge on any atom is 0.410 e. The van der Waals surface area contributed by atoms with E-state index in [9.17, 15) is 9.18 Å². The number of amides is 1. The smallest absolute Gasteiger partial charge is 0.410 e. The Kier molecular flexibility index (Phi) is 7.29. The Labute approximate surface area is 140 Å². The second-order valence-corrected chi connectivity index (χ2v) is 6.83. The summed E-state index contributed by atoms with van der Waals surface area (Å²) >= 11 is 3.33. The average molecular weight is 375 g/mol. The summed E-state index contributed by atoms with van der Waals surface area (Å²) in [6.45, 7) is 9.86. The van der Waals surface area contributed by atoms with Crippen LogP contribution in [-0.4, -0.2) is 36.2 Å². The normalized spacial score (nSPS) is 11.4. The van der Waals surface area contributed by atoms with E-state index >= 15 is 0 Å². The molecule has 0 aromatic heterocycles. The fourth-order valence-corrected chi connectivity index (χ4v) is 2.30. The molecule has 0 saturated carbocycles. The summed E-state index contributed by atoms with van der Waals surface area (Å²) in [4.78, 5) is 13.6. The first kappa shape index (κ1) is 18.9. The van der Waals surface area contributed by atoms with Crippen molar-refractivity contribution in [3.8, 4) is 0 Å². The van der Waals surface area contributed by atoms with E-state index in [1.54, 1.807) is 11.0 Å². The number of likely N-dealkylation sites (N-methyl/N-ethyl adjacent to an activating group) is 1. The second-order valence-electron chi connectivity index (χ2n) is 5.97. The van der Waals surface area contributed by atoms with Crippen molar-refractivity contribution in [2.75, 3.05) is 19.6 Å². The minimum Gasteiger partial charge on any atom is -0.444 e. The number of halogens is 2. The molecule has 0 aliphatic carbocycles. The van der Waals surface area contributed by atoms with E-state index in [0.717, 1.165) is 10.0 Å². The Hall–Kier alpha value is -1.14. The van der Waals surface area contributed by atoms with Gasteiger partial charge >= 0.3 is 6.09 Å². The third-order valence-corrected chi connectivity index (χ3v) is 3.66. The Morgan fingerprint density at radius 3 is 2.64 bits per heavy atom. The molecule has 1 rings (SSSR count). The van der Waals surface area contributed by atoms with Crippen molar-refractivity contribution in [1.82, 2.24) is 10.2 Å². The zero-order valence-electron chi connectivity index (χ0n) is 13.6. The van der Waals surface area contributed by atoms with Crippen LogP contribution in [0.5, 0.6) is 0 Å². The summed E-state index contributed by atoms with van der Waals surface area (Å²) in [6.07, 6.45) is -0.306. The molecule has 0 spiro atoms. The highest BCUT2D eigenvalue weighted by atomic mass is 79.9. The standard InChI is InChI=1S/C16H24BrFN2O2/c1-5-20(15(21)22-16(2,3)4)9-8-19-11-12-6-7-13(18)10-14(12)17/h6-7,10,19H,5,8-9,11H2,1-4H3. The molecule has 0 aliphatic rings. The van der Waals surface area contributed by atoms with E-state index in [1.165, 1.54) is 12.1 Å². The van der Waals surface area contributed by atoms with Crippen LogP contribution in [0.25, 0.3) is 0 Å². The first-order valence-electron chi connectivity index (χ1n) is 7.35.